The van der Waals surface area contributed by atoms with E-state index in [4.69, 9.17) is 0 Å². The van der Waals surface area contributed by atoms with Crippen molar-refractivity contribution in [2.45, 2.75) is 33.1 Å². The molecular weight excluding hydrogens is 250 g/mol. The number of aromatic nitrogens is 2. The molecule has 0 unspecified atom stereocenters. The van der Waals surface area contributed by atoms with Crippen LogP contribution in [0.4, 0.5) is 11.6 Å². The van der Waals surface area contributed by atoms with E-state index >= 15 is 0 Å². The number of anilines is 2. The Hall–Kier alpha value is -1.36. The van der Waals surface area contributed by atoms with E-state index in [1.807, 2.05) is 0 Å². The Labute approximate surface area is 122 Å². The summed E-state index contributed by atoms with van der Waals surface area (Å²) in [6.07, 6.45) is 5.14. The first-order chi connectivity index (χ1) is 9.74. The van der Waals surface area contributed by atoms with Crippen LogP contribution in [0.5, 0.6) is 0 Å². The molecular formula is C15H27N5. The lowest BCUT2D eigenvalue weighted by atomic mass is 9.97. The smallest absolute Gasteiger partial charge is 0.134 e. The molecule has 5 nitrogen and oxygen atoms in total. The van der Waals surface area contributed by atoms with Crippen LogP contribution in [-0.4, -0.2) is 48.1 Å². The molecule has 0 bridgehead atoms. The lowest BCUT2D eigenvalue weighted by Crippen LogP contribution is -2.33. The van der Waals surface area contributed by atoms with Gasteiger partial charge in [0.1, 0.15) is 18.0 Å². The normalized spacial score (nSPS) is 17.1. The van der Waals surface area contributed by atoms with Crippen molar-refractivity contribution in [3.05, 3.63) is 11.9 Å². The number of piperidine rings is 1. The molecule has 0 saturated carbocycles. The first-order valence-electron chi connectivity index (χ1n) is 7.74. The molecule has 1 aliphatic heterocycles. The highest BCUT2D eigenvalue weighted by Gasteiger charge is 2.17. The molecule has 1 saturated heterocycles. The Bertz CT molecular complexity index is 413. The van der Waals surface area contributed by atoms with Gasteiger partial charge in [0.25, 0.3) is 0 Å². The summed E-state index contributed by atoms with van der Waals surface area (Å²) in [5.74, 6) is 2.72. The predicted octanol–water partition coefficient (Wildman–Crippen LogP) is 2.22. The van der Waals surface area contributed by atoms with Gasteiger partial charge in [-0.15, -0.1) is 0 Å². The summed E-state index contributed by atoms with van der Waals surface area (Å²) in [6, 6.07) is 0. The predicted molar refractivity (Wildman–Crippen MR) is 84.3 cm³/mol. The van der Waals surface area contributed by atoms with Crippen molar-refractivity contribution in [1.29, 1.82) is 0 Å². The molecule has 1 fully saturated rings. The van der Waals surface area contributed by atoms with E-state index in [9.17, 15) is 0 Å². The third-order valence-electron chi connectivity index (χ3n) is 4.04. The van der Waals surface area contributed by atoms with Crippen molar-refractivity contribution < 1.29 is 0 Å². The Kier molecular flexibility index (Phi) is 5.59. The minimum atomic E-state index is 0.758. The van der Waals surface area contributed by atoms with Crippen LogP contribution in [0.3, 0.4) is 0 Å². The van der Waals surface area contributed by atoms with Crippen molar-refractivity contribution in [3.8, 4) is 0 Å². The van der Waals surface area contributed by atoms with E-state index in [-0.39, 0.29) is 0 Å². The molecule has 20 heavy (non-hydrogen) atoms. The summed E-state index contributed by atoms with van der Waals surface area (Å²) < 4.78 is 0. The average molecular weight is 277 g/mol. The van der Waals surface area contributed by atoms with Gasteiger partial charge in [0.2, 0.25) is 0 Å². The molecule has 0 spiro atoms. The Balaban J connectivity index is 1.96. The van der Waals surface area contributed by atoms with Crippen molar-refractivity contribution in [2.24, 2.45) is 5.92 Å². The van der Waals surface area contributed by atoms with Gasteiger partial charge >= 0.3 is 0 Å². The van der Waals surface area contributed by atoms with Crippen LogP contribution in [-0.2, 0) is 6.42 Å². The topological polar surface area (TPSA) is 53.1 Å². The fourth-order valence-corrected chi connectivity index (χ4v) is 2.73. The van der Waals surface area contributed by atoms with Gasteiger partial charge in [-0.1, -0.05) is 6.92 Å². The van der Waals surface area contributed by atoms with Crippen LogP contribution in [0.15, 0.2) is 6.33 Å². The second-order valence-corrected chi connectivity index (χ2v) is 5.56. The van der Waals surface area contributed by atoms with Gasteiger partial charge < -0.3 is 15.5 Å². The van der Waals surface area contributed by atoms with E-state index in [1.165, 1.54) is 31.5 Å². The van der Waals surface area contributed by atoms with Crippen molar-refractivity contribution in [1.82, 2.24) is 14.9 Å². The zero-order chi connectivity index (χ0) is 14.4. The fourth-order valence-electron chi connectivity index (χ4n) is 2.73. The van der Waals surface area contributed by atoms with Gasteiger partial charge in [0.05, 0.1) is 0 Å². The molecule has 2 rings (SSSR count). The van der Waals surface area contributed by atoms with Crippen molar-refractivity contribution >= 4 is 11.6 Å². The highest BCUT2D eigenvalue weighted by atomic mass is 15.1. The number of rotatable bonds is 6. The summed E-state index contributed by atoms with van der Waals surface area (Å²) in [5.41, 5.74) is 1.20. The summed E-state index contributed by atoms with van der Waals surface area (Å²) in [5, 5.41) is 6.85. The van der Waals surface area contributed by atoms with Crippen LogP contribution >= 0.6 is 0 Å². The van der Waals surface area contributed by atoms with E-state index in [0.717, 1.165) is 37.1 Å². The molecule has 2 heterocycles. The first kappa shape index (κ1) is 15.0. The molecule has 2 N–H and O–H groups in total. The van der Waals surface area contributed by atoms with Crippen molar-refractivity contribution in [3.63, 3.8) is 0 Å². The standard InChI is InChI=1S/C15H27N5/c1-4-13-14(16-5-2)18-11-19-15(13)17-10-12-6-8-20(3)9-7-12/h11-12H,4-10H2,1-3H3,(H2,16,17,18,19). The minimum absolute atomic E-state index is 0.758. The van der Waals surface area contributed by atoms with E-state index < -0.39 is 0 Å². The SMILES string of the molecule is CCNc1ncnc(NCC2CCN(C)CC2)c1CC. The highest BCUT2D eigenvalue weighted by Crippen LogP contribution is 2.22. The van der Waals surface area contributed by atoms with E-state index in [2.05, 4.69) is 46.4 Å². The van der Waals surface area contributed by atoms with E-state index in [1.54, 1.807) is 6.33 Å². The Morgan fingerprint density at radius 3 is 2.40 bits per heavy atom. The maximum atomic E-state index is 4.42. The number of nitrogens with zero attached hydrogens (tertiary/aromatic N) is 3. The summed E-state index contributed by atoms with van der Waals surface area (Å²) in [6.45, 7) is 8.56. The van der Waals surface area contributed by atoms with E-state index in [0.29, 0.717) is 0 Å². The lowest BCUT2D eigenvalue weighted by molar-refractivity contribution is 0.226. The summed E-state index contributed by atoms with van der Waals surface area (Å²) in [4.78, 5) is 11.2. The van der Waals surface area contributed by atoms with Gasteiger partial charge in [-0.05, 0) is 52.2 Å². The monoisotopic (exact) mass is 277 g/mol. The third-order valence-corrected chi connectivity index (χ3v) is 4.04. The van der Waals surface area contributed by atoms with Crippen LogP contribution in [0.2, 0.25) is 0 Å². The van der Waals surface area contributed by atoms with Gasteiger partial charge in [-0.2, -0.15) is 0 Å². The number of nitrogens with one attached hydrogen (secondary N) is 2. The summed E-state index contributed by atoms with van der Waals surface area (Å²) in [7, 11) is 2.20. The molecule has 1 aromatic rings. The largest absolute Gasteiger partial charge is 0.370 e. The number of hydrogen-bond acceptors (Lipinski definition) is 5. The maximum Gasteiger partial charge on any atom is 0.134 e. The van der Waals surface area contributed by atoms with Gasteiger partial charge in [0, 0.05) is 18.7 Å². The molecule has 0 amide bonds. The van der Waals surface area contributed by atoms with Gasteiger partial charge in [0.15, 0.2) is 0 Å². The number of hydrogen-bond donors (Lipinski definition) is 2. The van der Waals surface area contributed by atoms with Crippen LogP contribution in [0.25, 0.3) is 0 Å². The second kappa shape index (κ2) is 7.43. The van der Waals surface area contributed by atoms with Crippen molar-refractivity contribution in [2.75, 3.05) is 43.9 Å². The molecule has 5 heteroatoms. The van der Waals surface area contributed by atoms with Gasteiger partial charge in [-0.3, -0.25) is 0 Å². The van der Waals surface area contributed by atoms with Crippen LogP contribution < -0.4 is 10.6 Å². The summed E-state index contributed by atoms with van der Waals surface area (Å²) >= 11 is 0. The molecule has 0 aliphatic carbocycles. The Morgan fingerprint density at radius 1 is 1.15 bits per heavy atom. The second-order valence-electron chi connectivity index (χ2n) is 5.56. The minimum Gasteiger partial charge on any atom is -0.370 e. The molecule has 1 aromatic heterocycles. The molecule has 0 atom stereocenters. The zero-order valence-electron chi connectivity index (χ0n) is 12.9. The first-order valence-corrected chi connectivity index (χ1v) is 7.74. The average Bonchev–Trinajstić information content (AvgIpc) is 2.47. The highest BCUT2D eigenvalue weighted by molar-refractivity contribution is 5.57. The lowest BCUT2D eigenvalue weighted by Gasteiger charge is -2.29. The molecule has 1 aliphatic rings. The van der Waals surface area contributed by atoms with Gasteiger partial charge in [-0.25, -0.2) is 9.97 Å². The molecule has 0 aromatic carbocycles. The van der Waals surface area contributed by atoms with Crippen LogP contribution in [0, 0.1) is 5.92 Å². The Morgan fingerprint density at radius 2 is 1.80 bits per heavy atom. The van der Waals surface area contributed by atoms with Crippen LogP contribution in [0.1, 0.15) is 32.3 Å². The quantitative estimate of drug-likeness (QED) is 0.835. The molecule has 112 valence electrons. The zero-order valence-corrected chi connectivity index (χ0v) is 12.9. The third kappa shape index (κ3) is 3.82. The maximum absolute atomic E-state index is 4.42. The number of likely N-dealkylation sites (tertiary alicyclic amines) is 1. The fraction of sp³-hybridized carbons (Fsp3) is 0.733. The molecule has 0 radical (unpaired) electrons.